The van der Waals surface area contributed by atoms with Gasteiger partial charge in [-0.2, -0.15) is 0 Å². The van der Waals surface area contributed by atoms with Crippen molar-refractivity contribution in [3.8, 4) is 18.1 Å². The molecule has 1 amide bonds. The van der Waals surface area contributed by atoms with E-state index in [9.17, 15) is 13.2 Å². The number of rotatable bonds is 6. The van der Waals surface area contributed by atoms with Crippen molar-refractivity contribution in [1.82, 2.24) is 5.32 Å². The number of benzene rings is 2. The number of aryl methyl sites for hydroxylation is 1. The highest BCUT2D eigenvalue weighted by Crippen LogP contribution is 2.22. The first-order valence-corrected chi connectivity index (χ1v) is 8.85. The van der Waals surface area contributed by atoms with Crippen LogP contribution in [0.3, 0.4) is 0 Å². The molecule has 0 aromatic heterocycles. The van der Waals surface area contributed by atoms with Gasteiger partial charge in [-0.1, -0.05) is 12.0 Å². The first kappa shape index (κ1) is 18.4. The molecule has 0 unspecified atom stereocenters. The summed E-state index contributed by atoms with van der Waals surface area (Å²) in [5.41, 5.74) is 1.13. The summed E-state index contributed by atoms with van der Waals surface area (Å²) in [5, 5.41) is 2.50. The van der Waals surface area contributed by atoms with E-state index in [0.717, 1.165) is 0 Å². The fraction of sp³-hybridized carbons (Fsp3) is 0.167. The third-order valence-corrected chi connectivity index (χ3v) is 4.96. The number of amides is 1. The van der Waals surface area contributed by atoms with Crippen LogP contribution in [-0.2, 0) is 10.0 Å². The largest absolute Gasteiger partial charge is 0.497 e. The molecular weight excluding hydrogens is 340 g/mol. The number of carbonyl (C=O) groups is 1. The van der Waals surface area contributed by atoms with E-state index in [1.807, 2.05) is 0 Å². The Bertz CT molecular complexity index is 913. The van der Waals surface area contributed by atoms with Crippen LogP contribution in [0, 0.1) is 19.3 Å². The van der Waals surface area contributed by atoms with Crippen LogP contribution >= 0.6 is 0 Å². The van der Waals surface area contributed by atoms with E-state index in [0.29, 0.717) is 17.0 Å². The third-order valence-electron chi connectivity index (χ3n) is 3.43. The zero-order valence-corrected chi connectivity index (χ0v) is 14.7. The number of hydrogen-bond donors (Lipinski definition) is 2. The number of carbonyl (C=O) groups excluding carboxylic acids is 1. The molecule has 25 heavy (non-hydrogen) atoms. The molecule has 0 atom stereocenters. The number of hydrogen-bond acceptors (Lipinski definition) is 4. The van der Waals surface area contributed by atoms with Crippen molar-refractivity contribution in [2.75, 3.05) is 18.4 Å². The molecule has 2 aromatic carbocycles. The van der Waals surface area contributed by atoms with Crippen LogP contribution in [0.4, 0.5) is 5.69 Å². The predicted molar refractivity (Wildman–Crippen MR) is 96.1 cm³/mol. The molecule has 2 aromatic rings. The lowest BCUT2D eigenvalue weighted by atomic mass is 10.1. The Morgan fingerprint density at radius 1 is 1.20 bits per heavy atom. The Labute approximate surface area is 147 Å². The Morgan fingerprint density at radius 2 is 1.88 bits per heavy atom. The first-order chi connectivity index (χ1) is 11.9. The van der Waals surface area contributed by atoms with Crippen molar-refractivity contribution in [3.05, 3.63) is 53.6 Å². The van der Waals surface area contributed by atoms with Crippen LogP contribution in [0.5, 0.6) is 5.75 Å². The maximum absolute atomic E-state index is 12.7. The minimum absolute atomic E-state index is 0.0247. The maximum Gasteiger partial charge on any atom is 0.262 e. The van der Waals surface area contributed by atoms with E-state index in [-0.39, 0.29) is 17.0 Å². The maximum atomic E-state index is 12.7. The zero-order chi connectivity index (χ0) is 18.4. The van der Waals surface area contributed by atoms with E-state index >= 15 is 0 Å². The van der Waals surface area contributed by atoms with E-state index < -0.39 is 15.9 Å². The van der Waals surface area contributed by atoms with Crippen LogP contribution in [-0.4, -0.2) is 28.0 Å². The molecule has 0 heterocycles. The van der Waals surface area contributed by atoms with Crippen LogP contribution in [0.2, 0.25) is 0 Å². The van der Waals surface area contributed by atoms with E-state index in [2.05, 4.69) is 16.0 Å². The molecule has 0 aliphatic heterocycles. The SMILES string of the molecule is C#CCNC(=O)c1ccc(C)c(S(=O)(=O)Nc2ccc(OC)cc2)c1. The van der Waals surface area contributed by atoms with Gasteiger partial charge in [0.05, 0.1) is 18.6 Å². The van der Waals surface area contributed by atoms with Crippen molar-refractivity contribution >= 4 is 21.6 Å². The highest BCUT2D eigenvalue weighted by Gasteiger charge is 2.19. The number of sulfonamides is 1. The molecule has 130 valence electrons. The lowest BCUT2D eigenvalue weighted by Crippen LogP contribution is -2.24. The van der Waals surface area contributed by atoms with Gasteiger partial charge in [-0.05, 0) is 48.9 Å². The van der Waals surface area contributed by atoms with Crippen LogP contribution in [0.15, 0.2) is 47.4 Å². The van der Waals surface area contributed by atoms with Crippen molar-refractivity contribution < 1.29 is 17.9 Å². The lowest BCUT2D eigenvalue weighted by Gasteiger charge is -2.12. The van der Waals surface area contributed by atoms with Crippen molar-refractivity contribution in [3.63, 3.8) is 0 Å². The van der Waals surface area contributed by atoms with Gasteiger partial charge < -0.3 is 10.1 Å². The van der Waals surface area contributed by atoms with E-state index in [1.54, 1.807) is 43.3 Å². The smallest absolute Gasteiger partial charge is 0.262 e. The molecule has 0 aliphatic rings. The van der Waals surface area contributed by atoms with Crippen LogP contribution < -0.4 is 14.8 Å². The average Bonchev–Trinajstić information content (AvgIpc) is 2.60. The van der Waals surface area contributed by atoms with E-state index in [4.69, 9.17) is 11.2 Å². The Hall–Kier alpha value is -2.98. The first-order valence-electron chi connectivity index (χ1n) is 7.36. The standard InChI is InChI=1S/C18H18N2O4S/c1-4-11-19-18(21)14-6-5-13(2)17(12-14)25(22,23)20-15-7-9-16(24-3)10-8-15/h1,5-10,12,20H,11H2,2-3H3,(H,19,21). The molecule has 0 saturated carbocycles. The normalized spacial score (nSPS) is 10.6. The van der Waals surface area contributed by atoms with Gasteiger partial charge in [0.15, 0.2) is 0 Å². The second-order valence-corrected chi connectivity index (χ2v) is 6.85. The third kappa shape index (κ3) is 4.52. The summed E-state index contributed by atoms with van der Waals surface area (Å²) in [6.45, 7) is 1.73. The molecule has 2 rings (SSSR count). The second kappa shape index (κ2) is 7.73. The molecule has 0 radical (unpaired) electrons. The molecule has 0 spiro atoms. The highest BCUT2D eigenvalue weighted by atomic mass is 32.2. The summed E-state index contributed by atoms with van der Waals surface area (Å²) in [5.74, 6) is 2.48. The minimum atomic E-state index is -3.85. The lowest BCUT2D eigenvalue weighted by molar-refractivity contribution is 0.0958. The molecule has 6 nitrogen and oxygen atoms in total. The fourth-order valence-corrected chi connectivity index (χ4v) is 3.46. The minimum Gasteiger partial charge on any atom is -0.497 e. The molecule has 7 heteroatoms. The second-order valence-electron chi connectivity index (χ2n) is 5.20. The fourth-order valence-electron chi connectivity index (χ4n) is 2.13. The number of nitrogens with one attached hydrogen (secondary N) is 2. The highest BCUT2D eigenvalue weighted by molar-refractivity contribution is 7.92. The Morgan fingerprint density at radius 3 is 2.48 bits per heavy atom. The van der Waals surface area contributed by atoms with Gasteiger partial charge >= 0.3 is 0 Å². The van der Waals surface area contributed by atoms with Gasteiger partial charge in [0.25, 0.3) is 15.9 Å². The van der Waals surface area contributed by atoms with Crippen LogP contribution in [0.25, 0.3) is 0 Å². The predicted octanol–water partition coefficient (Wildman–Crippen LogP) is 2.17. The van der Waals surface area contributed by atoms with Crippen LogP contribution in [0.1, 0.15) is 15.9 Å². The summed E-state index contributed by atoms with van der Waals surface area (Å²) in [7, 11) is -2.32. The molecule has 0 fully saturated rings. The van der Waals surface area contributed by atoms with Gasteiger partial charge in [0, 0.05) is 11.3 Å². The van der Waals surface area contributed by atoms with Gasteiger partial charge in [0.2, 0.25) is 0 Å². The van der Waals surface area contributed by atoms with Gasteiger partial charge in [-0.15, -0.1) is 6.42 Å². The Kier molecular flexibility index (Phi) is 5.67. The van der Waals surface area contributed by atoms with Crippen molar-refractivity contribution in [1.29, 1.82) is 0 Å². The summed E-state index contributed by atoms with van der Waals surface area (Å²) in [6.07, 6.45) is 5.11. The summed E-state index contributed by atoms with van der Waals surface area (Å²) < 4.78 is 32.8. The summed E-state index contributed by atoms with van der Waals surface area (Å²) >= 11 is 0. The van der Waals surface area contributed by atoms with Gasteiger partial charge in [0.1, 0.15) is 5.75 Å². The number of ether oxygens (including phenoxy) is 1. The molecule has 0 bridgehead atoms. The van der Waals surface area contributed by atoms with Gasteiger partial charge in [-0.3, -0.25) is 9.52 Å². The number of methoxy groups -OCH3 is 1. The summed E-state index contributed by atoms with van der Waals surface area (Å²) in [4.78, 5) is 12.0. The molecule has 0 aliphatic carbocycles. The monoisotopic (exact) mass is 358 g/mol. The molecule has 0 saturated heterocycles. The quantitative estimate of drug-likeness (QED) is 0.775. The number of terminal acetylenes is 1. The molecular formula is C18H18N2O4S. The van der Waals surface area contributed by atoms with Crippen molar-refractivity contribution in [2.24, 2.45) is 0 Å². The van der Waals surface area contributed by atoms with Crippen molar-refractivity contribution in [2.45, 2.75) is 11.8 Å². The van der Waals surface area contributed by atoms with E-state index in [1.165, 1.54) is 13.2 Å². The Balaban J connectivity index is 2.31. The zero-order valence-electron chi connectivity index (χ0n) is 13.9. The number of anilines is 1. The summed E-state index contributed by atoms with van der Waals surface area (Å²) in [6, 6.07) is 10.9. The van der Waals surface area contributed by atoms with Gasteiger partial charge in [-0.25, -0.2) is 8.42 Å². The average molecular weight is 358 g/mol. The molecule has 2 N–H and O–H groups in total. The topological polar surface area (TPSA) is 84.5 Å².